The summed E-state index contributed by atoms with van der Waals surface area (Å²) in [7, 11) is 0. The van der Waals surface area contributed by atoms with Crippen LogP contribution in [0.3, 0.4) is 0 Å². The zero-order valence-electron chi connectivity index (χ0n) is 47.6. The minimum Gasteiger partial charge on any atom is -0.443 e. The lowest BCUT2D eigenvalue weighted by atomic mass is 10.1. The fraction of sp³-hybridized carbons (Fsp3) is 0.782. The summed E-state index contributed by atoms with van der Waals surface area (Å²) < 4.78 is 64.7. The van der Waals surface area contributed by atoms with E-state index in [1.165, 1.54) is 0 Å². The molecule has 2 saturated carbocycles. The van der Waals surface area contributed by atoms with Crippen LogP contribution in [0.25, 0.3) is 22.1 Å². The number of amides is 2. The predicted octanol–water partition coefficient (Wildman–Crippen LogP) is 9.21. The Balaban J connectivity index is 0.000000179. The van der Waals surface area contributed by atoms with Crippen molar-refractivity contribution in [2.75, 3.05) is 16.4 Å². The molecule has 5 aliphatic heterocycles. The number of rotatable bonds is 12. The van der Waals surface area contributed by atoms with Crippen LogP contribution in [0.4, 0.5) is 21.2 Å². The molecule has 11 rings (SSSR count). The first-order valence-corrected chi connectivity index (χ1v) is 28.4. The maximum atomic E-state index is 13.8. The van der Waals surface area contributed by atoms with E-state index in [0.717, 1.165) is 83.5 Å². The van der Waals surface area contributed by atoms with Crippen molar-refractivity contribution in [1.82, 2.24) is 39.5 Å². The third-order valence-electron chi connectivity index (χ3n) is 15.2. The zero-order chi connectivity index (χ0) is 55.5. The summed E-state index contributed by atoms with van der Waals surface area (Å²) in [6.45, 7) is 23.3. The molecule has 7 aliphatic rings. The van der Waals surface area contributed by atoms with Crippen LogP contribution >= 0.6 is 0 Å². The summed E-state index contributed by atoms with van der Waals surface area (Å²) >= 11 is 0. The molecule has 4 aromatic heterocycles. The minimum atomic E-state index is -0.736. The number of hydrogen-bond donors (Lipinski definition) is 1. The van der Waals surface area contributed by atoms with Crippen molar-refractivity contribution in [2.45, 2.75) is 270 Å². The Morgan fingerprint density at radius 1 is 0.628 bits per heavy atom. The standard InChI is InChI=1S/C30H45N5O7.C25H37N5O6/c1-7-20-23-24(41-30(5,6)40-23)27(39-20)35-26-19(16-31-35)25(32-21(33-26)17-38-22-14-10-11-15-37-22)34(18-12-8-9-13-18)28(36)42-29(2,3)4;1-7-16-18-19(35-25(5,6)34-18)22(33-16)30-21-15(12-26-30)20(27-17(13-31)28-21)29(14-10-8-9-11-14)23(32)36-24(2,3)4/h16,18,20,22-24,27H,7-15,17H2,1-6H3;12,14,16,18-19,22,31H,7-11,13H2,1-6H3/t20-,22?,23-,24-,27-;16-,18-,19-,22-/m11/s1. The molecule has 7 fully saturated rings. The molecule has 1 N–H and O–H groups in total. The summed E-state index contributed by atoms with van der Waals surface area (Å²) in [4.78, 5) is 49.6. The molecule has 1 unspecified atom stereocenters. The number of carbonyl (C=O) groups excluding carboxylic acids is 2. The van der Waals surface area contributed by atoms with Crippen LogP contribution in [0.15, 0.2) is 12.4 Å². The van der Waals surface area contributed by atoms with Gasteiger partial charge in [0.15, 0.2) is 64.9 Å². The van der Waals surface area contributed by atoms with E-state index in [0.29, 0.717) is 46.1 Å². The van der Waals surface area contributed by atoms with Crippen molar-refractivity contribution < 1.29 is 62.1 Å². The van der Waals surface area contributed by atoms with Gasteiger partial charge in [-0.15, -0.1) is 0 Å². The lowest BCUT2D eigenvalue weighted by Gasteiger charge is -2.31. The summed E-state index contributed by atoms with van der Waals surface area (Å²) in [6.07, 6.45) is 11.5. The van der Waals surface area contributed by atoms with E-state index in [1.54, 1.807) is 31.6 Å². The van der Waals surface area contributed by atoms with E-state index in [-0.39, 0.29) is 74.0 Å². The van der Waals surface area contributed by atoms with Gasteiger partial charge in [0.05, 0.1) is 35.4 Å². The molecule has 0 radical (unpaired) electrons. The SMILES string of the molecule is CC[C@H]1O[C@@H](n2ncc3c(N(C(=O)OC(C)(C)C)C4CCCC4)nc(CO)nc32)[C@@H]2OC(C)(C)O[C@@H]21.CC[C@H]1O[C@@H](n2ncc3c(N(C(=O)OC(C)(C)C)C4CCCC4)nc(COC4CCCCO4)nc32)[C@@H]2OC(C)(C)O[C@@H]21. The van der Waals surface area contributed by atoms with Gasteiger partial charge < -0.3 is 52.5 Å². The molecule has 78 heavy (non-hydrogen) atoms. The van der Waals surface area contributed by atoms with E-state index in [2.05, 4.69) is 22.0 Å². The van der Waals surface area contributed by atoms with E-state index >= 15 is 0 Å². The number of carbonyl (C=O) groups is 2. The van der Waals surface area contributed by atoms with Crippen LogP contribution in [0, 0.1) is 0 Å². The fourth-order valence-electron chi connectivity index (χ4n) is 11.9. The second kappa shape index (κ2) is 22.3. The van der Waals surface area contributed by atoms with Crippen molar-refractivity contribution in [3.05, 3.63) is 24.0 Å². The normalized spacial score (nSPS) is 29.0. The number of aliphatic hydroxyl groups is 1. The monoisotopic (exact) mass is 1090 g/mol. The largest absolute Gasteiger partial charge is 0.443 e. The number of fused-ring (bicyclic) bond motifs is 4. The maximum absolute atomic E-state index is 13.8. The van der Waals surface area contributed by atoms with Gasteiger partial charge in [-0.05, 0) is 127 Å². The van der Waals surface area contributed by atoms with Crippen molar-refractivity contribution in [3.8, 4) is 0 Å². The van der Waals surface area contributed by atoms with Gasteiger partial charge in [-0.3, -0.25) is 9.80 Å². The Bertz CT molecular complexity index is 2760. The molecule has 0 aromatic carbocycles. The molecule has 430 valence electrons. The maximum Gasteiger partial charge on any atom is 0.416 e. The van der Waals surface area contributed by atoms with Crippen LogP contribution in [-0.4, -0.2) is 141 Å². The predicted molar refractivity (Wildman–Crippen MR) is 283 cm³/mol. The summed E-state index contributed by atoms with van der Waals surface area (Å²) in [6, 6.07) is -0.0996. The van der Waals surface area contributed by atoms with Crippen molar-refractivity contribution in [3.63, 3.8) is 0 Å². The molecule has 0 bridgehead atoms. The van der Waals surface area contributed by atoms with E-state index in [4.69, 9.17) is 62.4 Å². The van der Waals surface area contributed by atoms with Crippen LogP contribution in [0.5, 0.6) is 0 Å². The topological polar surface area (TPSA) is 240 Å². The van der Waals surface area contributed by atoms with Gasteiger partial charge in [0.1, 0.15) is 48.8 Å². The molecule has 2 aliphatic carbocycles. The zero-order valence-corrected chi connectivity index (χ0v) is 47.6. The van der Waals surface area contributed by atoms with Crippen LogP contribution in [0.2, 0.25) is 0 Å². The Morgan fingerprint density at radius 2 is 1.05 bits per heavy atom. The Morgan fingerprint density at radius 3 is 1.46 bits per heavy atom. The van der Waals surface area contributed by atoms with E-state index < -0.39 is 47.4 Å². The van der Waals surface area contributed by atoms with E-state index in [1.807, 2.05) is 76.2 Å². The number of ether oxygens (including phenoxy) is 10. The molecule has 23 nitrogen and oxygen atoms in total. The van der Waals surface area contributed by atoms with Crippen molar-refractivity contribution in [1.29, 1.82) is 0 Å². The first-order chi connectivity index (χ1) is 37.0. The summed E-state index contributed by atoms with van der Waals surface area (Å²) in [5, 5.41) is 20.6. The summed E-state index contributed by atoms with van der Waals surface area (Å²) in [5.41, 5.74) is -0.324. The highest BCUT2D eigenvalue weighted by Crippen LogP contribution is 2.47. The van der Waals surface area contributed by atoms with Gasteiger partial charge in [0.2, 0.25) is 0 Å². The highest BCUT2D eigenvalue weighted by atomic mass is 16.8. The molecule has 9 atom stereocenters. The van der Waals surface area contributed by atoms with E-state index in [9.17, 15) is 14.7 Å². The number of aromatic nitrogens is 8. The first-order valence-electron chi connectivity index (χ1n) is 28.4. The Kier molecular flexibility index (Phi) is 16.2. The number of nitrogens with zero attached hydrogens (tertiary/aromatic N) is 10. The molecule has 0 spiro atoms. The van der Waals surface area contributed by atoms with Crippen molar-refractivity contribution >= 4 is 45.9 Å². The van der Waals surface area contributed by atoms with Gasteiger partial charge in [0.25, 0.3) is 0 Å². The van der Waals surface area contributed by atoms with Gasteiger partial charge in [-0.1, -0.05) is 39.5 Å². The molecule has 9 heterocycles. The third-order valence-corrected chi connectivity index (χ3v) is 15.2. The second-order valence-electron chi connectivity index (χ2n) is 24.5. The number of aliphatic hydroxyl groups excluding tert-OH is 1. The number of anilines is 2. The average molecular weight is 1090 g/mol. The van der Waals surface area contributed by atoms with Crippen LogP contribution in [-0.2, 0) is 60.6 Å². The Labute approximate surface area is 456 Å². The fourth-order valence-corrected chi connectivity index (χ4v) is 11.9. The quantitative estimate of drug-likeness (QED) is 0.139. The lowest BCUT2D eigenvalue weighted by molar-refractivity contribution is -0.198. The second-order valence-corrected chi connectivity index (χ2v) is 24.5. The molecule has 2 amide bonds. The van der Waals surface area contributed by atoms with Gasteiger partial charge >= 0.3 is 12.2 Å². The highest BCUT2D eigenvalue weighted by Gasteiger charge is 2.57. The van der Waals surface area contributed by atoms with Crippen LogP contribution in [0.1, 0.15) is 191 Å². The van der Waals surface area contributed by atoms with Crippen LogP contribution < -0.4 is 9.80 Å². The molecular formula is C55H82N10O13. The molecular weight excluding hydrogens is 1010 g/mol. The molecule has 5 saturated heterocycles. The van der Waals surface area contributed by atoms with Gasteiger partial charge in [-0.2, -0.15) is 10.2 Å². The molecule has 4 aromatic rings. The minimum absolute atomic E-state index is 0.0410. The third kappa shape index (κ3) is 11.9. The summed E-state index contributed by atoms with van der Waals surface area (Å²) in [5.74, 6) is 0.0213. The average Bonchev–Trinajstić information content (AvgIpc) is 4.44. The van der Waals surface area contributed by atoms with Gasteiger partial charge in [0, 0.05) is 18.7 Å². The van der Waals surface area contributed by atoms with Gasteiger partial charge in [-0.25, -0.2) is 38.9 Å². The lowest BCUT2D eigenvalue weighted by Crippen LogP contribution is -2.43. The molecule has 23 heteroatoms. The number of hydrogen-bond acceptors (Lipinski definition) is 19. The Hall–Kier alpha value is -4.72. The van der Waals surface area contributed by atoms with Crippen molar-refractivity contribution in [2.24, 2.45) is 0 Å². The first kappa shape index (κ1) is 56.6. The smallest absolute Gasteiger partial charge is 0.416 e. The highest BCUT2D eigenvalue weighted by molar-refractivity contribution is 5.99.